The molecular formula is C18H30N2O. The predicted molar refractivity (Wildman–Crippen MR) is 89.8 cm³/mol. The van der Waals surface area contributed by atoms with E-state index in [9.17, 15) is 0 Å². The Labute approximate surface area is 129 Å². The molecule has 1 fully saturated rings. The molecule has 0 aromatic heterocycles. The van der Waals surface area contributed by atoms with Crippen LogP contribution in [0, 0.1) is 11.8 Å². The highest BCUT2D eigenvalue weighted by molar-refractivity contribution is 5.57. The van der Waals surface area contributed by atoms with Crippen molar-refractivity contribution in [3.63, 3.8) is 0 Å². The zero-order valence-electron chi connectivity index (χ0n) is 13.7. The van der Waals surface area contributed by atoms with Gasteiger partial charge in [-0.25, -0.2) is 0 Å². The standard InChI is InChI=1S/C18H30N2O/c1-14(2)15-7-6-11-18(13-19,12-10-15)20-16-8-4-5-9-17(16)21-3/h4-5,8-9,14-15,20H,6-7,10-13,19H2,1-3H3. The van der Waals surface area contributed by atoms with Crippen LogP contribution in [0.5, 0.6) is 5.75 Å². The topological polar surface area (TPSA) is 47.3 Å². The van der Waals surface area contributed by atoms with Crippen molar-refractivity contribution in [3.05, 3.63) is 24.3 Å². The van der Waals surface area contributed by atoms with Crippen LogP contribution in [0.15, 0.2) is 24.3 Å². The molecule has 118 valence electrons. The first kappa shape index (κ1) is 16.2. The van der Waals surface area contributed by atoms with Gasteiger partial charge in [0.2, 0.25) is 0 Å². The molecule has 0 radical (unpaired) electrons. The Balaban J connectivity index is 2.14. The minimum atomic E-state index is 0.0122. The summed E-state index contributed by atoms with van der Waals surface area (Å²) in [5.41, 5.74) is 7.24. The van der Waals surface area contributed by atoms with Crippen LogP contribution in [0.3, 0.4) is 0 Å². The van der Waals surface area contributed by atoms with E-state index in [0.717, 1.165) is 36.1 Å². The Morgan fingerprint density at radius 3 is 2.71 bits per heavy atom. The van der Waals surface area contributed by atoms with Gasteiger partial charge in [0.15, 0.2) is 0 Å². The molecule has 0 spiro atoms. The molecule has 0 saturated heterocycles. The Bertz CT molecular complexity index is 447. The van der Waals surface area contributed by atoms with Gasteiger partial charge in [-0.1, -0.05) is 38.8 Å². The zero-order chi connectivity index (χ0) is 15.3. The Hall–Kier alpha value is -1.22. The number of benzene rings is 1. The third-order valence-electron chi connectivity index (χ3n) is 5.06. The number of methoxy groups -OCH3 is 1. The Morgan fingerprint density at radius 1 is 1.29 bits per heavy atom. The molecule has 1 aromatic carbocycles. The van der Waals surface area contributed by atoms with Gasteiger partial charge in [-0.2, -0.15) is 0 Å². The van der Waals surface area contributed by atoms with Crippen LogP contribution in [-0.2, 0) is 0 Å². The lowest BCUT2D eigenvalue weighted by atomic mass is 9.86. The van der Waals surface area contributed by atoms with Gasteiger partial charge in [-0.15, -0.1) is 0 Å². The quantitative estimate of drug-likeness (QED) is 0.805. The van der Waals surface area contributed by atoms with E-state index in [1.807, 2.05) is 18.2 Å². The number of hydrogen-bond donors (Lipinski definition) is 2. The third kappa shape index (κ3) is 3.91. The van der Waals surface area contributed by atoms with Gasteiger partial charge in [0.25, 0.3) is 0 Å². The maximum atomic E-state index is 6.17. The molecule has 0 bridgehead atoms. The largest absolute Gasteiger partial charge is 0.495 e. The summed E-state index contributed by atoms with van der Waals surface area (Å²) in [7, 11) is 1.72. The molecule has 3 N–H and O–H groups in total. The highest BCUT2D eigenvalue weighted by atomic mass is 16.5. The number of anilines is 1. The molecule has 1 aliphatic carbocycles. The Kier molecular flexibility index (Phi) is 5.51. The van der Waals surface area contributed by atoms with Crippen molar-refractivity contribution in [1.29, 1.82) is 0 Å². The lowest BCUT2D eigenvalue weighted by Gasteiger charge is -2.34. The molecule has 3 nitrogen and oxygen atoms in total. The first-order chi connectivity index (χ1) is 10.1. The number of hydrogen-bond acceptors (Lipinski definition) is 3. The van der Waals surface area contributed by atoms with Crippen molar-refractivity contribution >= 4 is 5.69 Å². The number of para-hydroxylation sites is 2. The minimum Gasteiger partial charge on any atom is -0.495 e. The predicted octanol–water partition coefficient (Wildman–Crippen LogP) is 4.04. The molecule has 2 rings (SSSR count). The summed E-state index contributed by atoms with van der Waals surface area (Å²) >= 11 is 0. The monoisotopic (exact) mass is 290 g/mol. The molecule has 1 aliphatic rings. The molecule has 0 heterocycles. The van der Waals surface area contributed by atoms with Gasteiger partial charge in [0, 0.05) is 12.1 Å². The van der Waals surface area contributed by atoms with Crippen LogP contribution in [0.25, 0.3) is 0 Å². The highest BCUT2D eigenvalue weighted by Gasteiger charge is 2.33. The average Bonchev–Trinajstić information content (AvgIpc) is 2.71. The van der Waals surface area contributed by atoms with Crippen LogP contribution in [-0.4, -0.2) is 19.2 Å². The van der Waals surface area contributed by atoms with Crippen molar-refractivity contribution in [2.45, 2.75) is 51.5 Å². The minimum absolute atomic E-state index is 0.0122. The lowest BCUT2D eigenvalue weighted by Crippen LogP contribution is -2.45. The number of rotatable bonds is 5. The van der Waals surface area contributed by atoms with Gasteiger partial charge in [-0.3, -0.25) is 0 Å². The second-order valence-electron chi connectivity index (χ2n) is 6.74. The van der Waals surface area contributed by atoms with Gasteiger partial charge < -0.3 is 15.8 Å². The molecule has 2 atom stereocenters. The smallest absolute Gasteiger partial charge is 0.141 e. The molecular weight excluding hydrogens is 260 g/mol. The van der Waals surface area contributed by atoms with Crippen molar-refractivity contribution in [3.8, 4) is 5.75 Å². The summed E-state index contributed by atoms with van der Waals surface area (Å²) < 4.78 is 5.46. The first-order valence-electron chi connectivity index (χ1n) is 8.21. The van der Waals surface area contributed by atoms with Crippen LogP contribution < -0.4 is 15.8 Å². The molecule has 0 aliphatic heterocycles. The van der Waals surface area contributed by atoms with E-state index >= 15 is 0 Å². The van der Waals surface area contributed by atoms with Crippen LogP contribution in [0.2, 0.25) is 0 Å². The third-order valence-corrected chi connectivity index (χ3v) is 5.06. The van der Waals surface area contributed by atoms with Crippen molar-refractivity contribution < 1.29 is 4.74 Å². The van der Waals surface area contributed by atoms with Crippen molar-refractivity contribution in [2.24, 2.45) is 17.6 Å². The first-order valence-corrected chi connectivity index (χ1v) is 8.21. The SMILES string of the molecule is COc1ccccc1NC1(CN)CCCC(C(C)C)CC1. The second-order valence-corrected chi connectivity index (χ2v) is 6.74. The van der Waals surface area contributed by atoms with Crippen LogP contribution in [0.4, 0.5) is 5.69 Å². The van der Waals surface area contributed by atoms with E-state index in [1.54, 1.807) is 7.11 Å². The highest BCUT2D eigenvalue weighted by Crippen LogP contribution is 2.37. The van der Waals surface area contributed by atoms with E-state index in [4.69, 9.17) is 10.5 Å². The zero-order valence-corrected chi connectivity index (χ0v) is 13.7. The van der Waals surface area contributed by atoms with Gasteiger partial charge in [-0.05, 0) is 43.2 Å². The Morgan fingerprint density at radius 2 is 2.05 bits per heavy atom. The van der Waals surface area contributed by atoms with E-state index in [-0.39, 0.29) is 5.54 Å². The summed E-state index contributed by atoms with van der Waals surface area (Å²) in [6.07, 6.45) is 6.13. The normalized spacial score (nSPS) is 26.4. The number of ether oxygens (including phenoxy) is 1. The fraction of sp³-hybridized carbons (Fsp3) is 0.667. The number of nitrogens with one attached hydrogen (secondary N) is 1. The van der Waals surface area contributed by atoms with Crippen molar-refractivity contribution in [2.75, 3.05) is 19.0 Å². The van der Waals surface area contributed by atoms with Gasteiger partial charge in [0.05, 0.1) is 12.8 Å². The average molecular weight is 290 g/mol. The van der Waals surface area contributed by atoms with E-state index < -0.39 is 0 Å². The molecule has 0 amide bonds. The van der Waals surface area contributed by atoms with Crippen LogP contribution >= 0.6 is 0 Å². The van der Waals surface area contributed by atoms with Gasteiger partial charge in [0.1, 0.15) is 5.75 Å². The van der Waals surface area contributed by atoms with E-state index in [1.165, 1.54) is 19.3 Å². The molecule has 21 heavy (non-hydrogen) atoms. The summed E-state index contributed by atoms with van der Waals surface area (Å²) in [5, 5.41) is 3.71. The molecule has 2 unspecified atom stereocenters. The van der Waals surface area contributed by atoms with Gasteiger partial charge >= 0.3 is 0 Å². The summed E-state index contributed by atoms with van der Waals surface area (Å²) in [6.45, 7) is 5.36. The summed E-state index contributed by atoms with van der Waals surface area (Å²) in [4.78, 5) is 0. The number of nitrogens with two attached hydrogens (primary N) is 1. The summed E-state index contributed by atoms with van der Waals surface area (Å²) in [6, 6.07) is 8.13. The fourth-order valence-corrected chi connectivity index (χ4v) is 3.51. The van der Waals surface area contributed by atoms with E-state index in [0.29, 0.717) is 6.54 Å². The molecule has 1 aromatic rings. The van der Waals surface area contributed by atoms with Crippen LogP contribution in [0.1, 0.15) is 46.0 Å². The van der Waals surface area contributed by atoms with Crippen molar-refractivity contribution in [1.82, 2.24) is 0 Å². The molecule has 1 saturated carbocycles. The van der Waals surface area contributed by atoms with E-state index in [2.05, 4.69) is 25.2 Å². The second kappa shape index (κ2) is 7.17. The summed E-state index contributed by atoms with van der Waals surface area (Å²) in [5.74, 6) is 2.50. The lowest BCUT2D eigenvalue weighted by molar-refractivity contribution is 0.332. The maximum Gasteiger partial charge on any atom is 0.141 e. The fourth-order valence-electron chi connectivity index (χ4n) is 3.51. The molecule has 3 heteroatoms. The maximum absolute atomic E-state index is 6.17.